The van der Waals surface area contributed by atoms with Crippen molar-refractivity contribution >= 4 is 24.8 Å². The minimum absolute atomic E-state index is 0.163. The van der Waals surface area contributed by atoms with Crippen molar-refractivity contribution in [1.29, 1.82) is 0 Å². The molecule has 0 aromatic heterocycles. The molecular weight excluding hydrogens is 250 g/mol. The lowest BCUT2D eigenvalue weighted by Gasteiger charge is -2.28. The average Bonchev–Trinajstić information content (AvgIpc) is 2.32. The molecule has 0 radical (unpaired) electrons. The van der Waals surface area contributed by atoms with E-state index in [4.69, 9.17) is 5.73 Å². The van der Waals surface area contributed by atoms with E-state index >= 15 is 0 Å². The summed E-state index contributed by atoms with van der Waals surface area (Å²) in [6, 6.07) is 0. The summed E-state index contributed by atoms with van der Waals surface area (Å²) in [6.07, 6.45) is 6.65. The number of nitrogens with zero attached hydrogens (tertiary/aromatic N) is 1. The van der Waals surface area contributed by atoms with E-state index in [1.54, 1.807) is 6.08 Å². The Balaban J connectivity index is 2.44. The molecule has 0 fully saturated rings. The monoisotopic (exact) mass is 267 g/mol. The second kappa shape index (κ2) is 7.03. The van der Waals surface area contributed by atoms with Crippen LogP contribution in [0.25, 0.3) is 0 Å². The number of allylic oxidation sites excluding steroid dienone is 3. The van der Waals surface area contributed by atoms with Gasteiger partial charge in [0.25, 0.3) is 0 Å². The number of aliphatic hydroxyl groups is 1. The lowest BCUT2D eigenvalue weighted by Crippen LogP contribution is -2.40. The lowest BCUT2D eigenvalue weighted by atomic mass is 9.80. The molecule has 1 amide bonds. The van der Waals surface area contributed by atoms with E-state index in [1.807, 2.05) is 0 Å². The van der Waals surface area contributed by atoms with Gasteiger partial charge in [0.05, 0.1) is 11.7 Å². The van der Waals surface area contributed by atoms with E-state index in [2.05, 4.69) is 29.5 Å². The van der Waals surface area contributed by atoms with Crippen LogP contribution in [0.15, 0.2) is 40.7 Å². The molecule has 2 atom stereocenters. The van der Waals surface area contributed by atoms with Gasteiger partial charge in [0.15, 0.2) is 0 Å². The van der Waals surface area contributed by atoms with E-state index in [0.29, 0.717) is 11.3 Å². The predicted molar refractivity (Wildman–Crippen MR) is 75.3 cm³/mol. The second-order valence-corrected chi connectivity index (χ2v) is 4.48. The van der Waals surface area contributed by atoms with Crippen LogP contribution in [0.2, 0.25) is 0 Å². The standard InChI is InChI=1S/C12H17N3O2S/c1-8(18)7-14-4-5-15-12(17)10(6-13)9-2-3-11(9)16/h3-5,7,9-10,16,18H,1-2,6,13H2,(H,15,17)/b5-4-,14-7-/t9-,10+/m0/s1. The Labute approximate surface area is 112 Å². The highest BCUT2D eigenvalue weighted by atomic mass is 32.1. The molecule has 1 aliphatic rings. The van der Waals surface area contributed by atoms with E-state index in [0.717, 1.165) is 0 Å². The Morgan fingerprint density at radius 2 is 2.56 bits per heavy atom. The molecule has 0 heterocycles. The summed E-state index contributed by atoms with van der Waals surface area (Å²) >= 11 is 3.93. The number of nitrogens with one attached hydrogen (secondary N) is 1. The van der Waals surface area contributed by atoms with Crippen LogP contribution in [0.1, 0.15) is 6.42 Å². The largest absolute Gasteiger partial charge is 0.512 e. The second-order valence-electron chi connectivity index (χ2n) is 3.91. The van der Waals surface area contributed by atoms with Crippen molar-refractivity contribution in [3.05, 3.63) is 35.7 Å². The van der Waals surface area contributed by atoms with Crippen LogP contribution in [0.4, 0.5) is 0 Å². The van der Waals surface area contributed by atoms with Crippen LogP contribution in [-0.2, 0) is 4.79 Å². The molecule has 18 heavy (non-hydrogen) atoms. The van der Waals surface area contributed by atoms with Crippen molar-refractivity contribution in [3.63, 3.8) is 0 Å². The first-order valence-corrected chi connectivity index (χ1v) is 5.96. The molecule has 1 rings (SSSR count). The molecule has 0 aliphatic heterocycles. The van der Waals surface area contributed by atoms with Gasteiger partial charge in [-0.3, -0.25) is 9.79 Å². The number of rotatable bonds is 6. The maximum atomic E-state index is 11.8. The minimum Gasteiger partial charge on any atom is -0.512 e. The van der Waals surface area contributed by atoms with Gasteiger partial charge in [-0.25, -0.2) is 0 Å². The number of hydrogen-bond donors (Lipinski definition) is 4. The molecule has 0 bridgehead atoms. The normalized spacial score (nSPS) is 20.6. The van der Waals surface area contributed by atoms with Crippen LogP contribution in [0.5, 0.6) is 0 Å². The highest BCUT2D eigenvalue weighted by molar-refractivity contribution is 7.85. The maximum absolute atomic E-state index is 11.8. The molecular formula is C12H17N3O2S. The summed E-state index contributed by atoms with van der Waals surface area (Å²) in [5, 5.41) is 12.0. The fraction of sp³-hybridized carbons (Fsp3) is 0.333. The first-order chi connectivity index (χ1) is 8.56. The Kier molecular flexibility index (Phi) is 5.67. The van der Waals surface area contributed by atoms with Crippen molar-refractivity contribution in [3.8, 4) is 0 Å². The summed E-state index contributed by atoms with van der Waals surface area (Å²) in [5.41, 5.74) is 5.54. The molecule has 6 heteroatoms. The predicted octanol–water partition coefficient (Wildman–Crippen LogP) is 1.12. The molecule has 0 saturated carbocycles. The third kappa shape index (κ3) is 4.05. The van der Waals surface area contributed by atoms with Gasteiger partial charge in [0.1, 0.15) is 0 Å². The molecule has 0 aromatic rings. The topological polar surface area (TPSA) is 87.7 Å². The van der Waals surface area contributed by atoms with Gasteiger partial charge in [-0.2, -0.15) is 0 Å². The van der Waals surface area contributed by atoms with Crippen LogP contribution >= 0.6 is 12.6 Å². The summed E-state index contributed by atoms with van der Waals surface area (Å²) in [4.78, 5) is 16.1. The van der Waals surface area contributed by atoms with E-state index in [-0.39, 0.29) is 24.1 Å². The number of aliphatic imine (C=N–C) groups is 1. The third-order valence-corrected chi connectivity index (χ3v) is 2.76. The van der Waals surface area contributed by atoms with Crippen molar-refractivity contribution in [2.24, 2.45) is 22.6 Å². The third-order valence-electron chi connectivity index (χ3n) is 2.65. The summed E-state index contributed by atoms with van der Waals surface area (Å²) in [5.74, 6) is -0.556. The fourth-order valence-electron chi connectivity index (χ4n) is 1.58. The minimum atomic E-state index is -0.413. The average molecular weight is 267 g/mol. The molecule has 5 nitrogen and oxygen atoms in total. The first-order valence-electron chi connectivity index (χ1n) is 5.51. The Bertz CT molecular complexity index is 416. The van der Waals surface area contributed by atoms with Crippen molar-refractivity contribution in [2.75, 3.05) is 6.54 Å². The highest BCUT2D eigenvalue weighted by Crippen LogP contribution is 2.31. The molecule has 0 unspecified atom stereocenters. The zero-order valence-electron chi connectivity index (χ0n) is 9.91. The van der Waals surface area contributed by atoms with Crippen LogP contribution in [-0.4, -0.2) is 23.8 Å². The smallest absolute Gasteiger partial charge is 0.229 e. The quantitative estimate of drug-likeness (QED) is 0.429. The van der Waals surface area contributed by atoms with E-state index in [1.165, 1.54) is 18.6 Å². The zero-order valence-corrected chi connectivity index (χ0v) is 10.8. The van der Waals surface area contributed by atoms with Crippen molar-refractivity contribution in [2.45, 2.75) is 6.42 Å². The summed E-state index contributed by atoms with van der Waals surface area (Å²) in [6.45, 7) is 3.72. The number of amides is 1. The van der Waals surface area contributed by atoms with Gasteiger partial charge in [0, 0.05) is 36.0 Å². The Morgan fingerprint density at radius 3 is 3.00 bits per heavy atom. The van der Waals surface area contributed by atoms with Gasteiger partial charge < -0.3 is 16.2 Å². The molecule has 98 valence electrons. The highest BCUT2D eigenvalue weighted by Gasteiger charge is 2.33. The number of nitrogens with two attached hydrogens (primary N) is 1. The van der Waals surface area contributed by atoms with Crippen molar-refractivity contribution in [1.82, 2.24) is 5.32 Å². The van der Waals surface area contributed by atoms with Crippen molar-refractivity contribution < 1.29 is 9.90 Å². The van der Waals surface area contributed by atoms with Crippen LogP contribution in [0.3, 0.4) is 0 Å². The summed E-state index contributed by atoms with van der Waals surface area (Å²) < 4.78 is 0. The first kappa shape index (κ1) is 14.5. The number of carbonyl (C=O) groups excluding carboxylic acids is 1. The molecule has 1 aliphatic carbocycles. The number of hydrogen-bond acceptors (Lipinski definition) is 5. The maximum Gasteiger partial charge on any atom is 0.229 e. The molecule has 0 spiro atoms. The van der Waals surface area contributed by atoms with E-state index in [9.17, 15) is 9.90 Å². The number of aliphatic hydroxyl groups excluding tert-OH is 1. The van der Waals surface area contributed by atoms with E-state index < -0.39 is 5.92 Å². The zero-order chi connectivity index (χ0) is 13.5. The Hall–Kier alpha value is -1.53. The fourth-order valence-corrected chi connectivity index (χ4v) is 1.65. The summed E-state index contributed by atoms with van der Waals surface area (Å²) in [7, 11) is 0. The number of carbonyl (C=O) groups is 1. The van der Waals surface area contributed by atoms with Gasteiger partial charge in [-0.05, 0) is 12.5 Å². The molecule has 4 N–H and O–H groups in total. The van der Waals surface area contributed by atoms with Gasteiger partial charge >= 0.3 is 0 Å². The van der Waals surface area contributed by atoms with Gasteiger partial charge in [-0.15, -0.1) is 12.6 Å². The van der Waals surface area contributed by atoms with Crippen LogP contribution in [0, 0.1) is 11.8 Å². The molecule has 0 aromatic carbocycles. The Morgan fingerprint density at radius 1 is 1.83 bits per heavy atom. The number of thiol groups is 1. The SMILES string of the molecule is C=C(S)/C=N\C=C/NC(=O)[C@H](CN)[C@@H]1CC=C1O. The lowest BCUT2D eigenvalue weighted by molar-refractivity contribution is -0.125. The van der Waals surface area contributed by atoms with Gasteiger partial charge in [0.2, 0.25) is 5.91 Å². The molecule has 0 saturated heterocycles. The van der Waals surface area contributed by atoms with Gasteiger partial charge in [-0.1, -0.05) is 6.58 Å². The van der Waals surface area contributed by atoms with Crippen LogP contribution < -0.4 is 11.1 Å².